The predicted molar refractivity (Wildman–Crippen MR) is 144 cm³/mol. The Kier molecular flexibility index (Phi) is 7.86. The average Bonchev–Trinajstić information content (AvgIpc) is 3.35. The third kappa shape index (κ3) is 5.25. The fraction of sp³-hybridized carbons (Fsp3) is 0.400. The molecule has 2 aliphatic heterocycles. The van der Waals surface area contributed by atoms with Crippen LogP contribution < -0.4 is 15.5 Å². The zero-order chi connectivity index (χ0) is 24.9. The summed E-state index contributed by atoms with van der Waals surface area (Å²) < 4.78 is 0. The van der Waals surface area contributed by atoms with Gasteiger partial charge in [0.05, 0.1) is 5.92 Å². The molecule has 0 radical (unpaired) electrons. The first-order valence-electron chi connectivity index (χ1n) is 12.7. The highest BCUT2D eigenvalue weighted by atomic mass is 16.2. The van der Waals surface area contributed by atoms with Crippen LogP contribution in [0.25, 0.3) is 10.8 Å². The van der Waals surface area contributed by atoms with Gasteiger partial charge in [0.2, 0.25) is 11.8 Å². The Morgan fingerprint density at radius 1 is 0.943 bits per heavy atom. The molecule has 3 aromatic carbocycles. The maximum absolute atomic E-state index is 12.4. The van der Waals surface area contributed by atoms with Crippen molar-refractivity contribution in [3.63, 3.8) is 0 Å². The highest BCUT2D eigenvalue weighted by Gasteiger charge is 2.38. The molecule has 3 aliphatic rings. The van der Waals surface area contributed by atoms with Crippen molar-refractivity contribution in [2.45, 2.75) is 57.9 Å². The van der Waals surface area contributed by atoms with Crippen molar-refractivity contribution in [2.75, 3.05) is 25.0 Å². The summed E-state index contributed by atoms with van der Waals surface area (Å²) in [5.41, 5.74) is 5.39. The number of piperidine rings is 1. The van der Waals surface area contributed by atoms with Gasteiger partial charge in [0.25, 0.3) is 0 Å². The number of hydrogen-bond acceptors (Lipinski definition) is 3. The monoisotopic (exact) mass is 471 g/mol. The van der Waals surface area contributed by atoms with Crippen LogP contribution in [0, 0.1) is 0 Å². The Labute approximate surface area is 208 Å². The van der Waals surface area contributed by atoms with E-state index in [1.165, 1.54) is 40.8 Å². The number of rotatable bonds is 1. The Bertz CT molecular complexity index is 1190. The van der Waals surface area contributed by atoms with Gasteiger partial charge in [-0.05, 0) is 78.7 Å². The molecule has 1 saturated heterocycles. The molecule has 2 N–H and O–H groups in total. The number of benzene rings is 3. The van der Waals surface area contributed by atoms with E-state index in [-0.39, 0.29) is 17.7 Å². The SMILES string of the molecule is CC1C(=O)N(C2CCNCC2)c2ccccc21.CC1Cc2cccc3cccc1c23.CNC(C)=O. The van der Waals surface area contributed by atoms with Crippen LogP contribution in [-0.4, -0.2) is 38.0 Å². The minimum absolute atomic E-state index is 0.00463. The summed E-state index contributed by atoms with van der Waals surface area (Å²) in [6, 6.07) is 21.9. The third-order valence-electron chi connectivity index (χ3n) is 7.38. The zero-order valence-electron chi connectivity index (χ0n) is 21.3. The lowest BCUT2D eigenvalue weighted by atomic mass is 10.0. The summed E-state index contributed by atoms with van der Waals surface area (Å²) >= 11 is 0. The molecular formula is C30H37N3O2. The normalized spacial score (nSPS) is 20.5. The number of hydrogen-bond donors (Lipinski definition) is 2. The highest BCUT2D eigenvalue weighted by molar-refractivity contribution is 6.05. The van der Waals surface area contributed by atoms with Crippen LogP contribution in [0.3, 0.4) is 0 Å². The van der Waals surface area contributed by atoms with Crippen LogP contribution >= 0.6 is 0 Å². The van der Waals surface area contributed by atoms with Crippen molar-refractivity contribution in [1.82, 2.24) is 10.6 Å². The predicted octanol–water partition coefficient (Wildman–Crippen LogP) is 5.14. The van der Waals surface area contributed by atoms with Crippen LogP contribution in [0.2, 0.25) is 0 Å². The number of para-hydroxylation sites is 1. The molecule has 1 aliphatic carbocycles. The summed E-state index contributed by atoms with van der Waals surface area (Å²) in [6.07, 6.45) is 3.34. The van der Waals surface area contributed by atoms with Gasteiger partial charge in [-0.15, -0.1) is 0 Å². The summed E-state index contributed by atoms with van der Waals surface area (Å²) in [5.74, 6) is 1.02. The second-order valence-corrected chi connectivity index (χ2v) is 9.74. The third-order valence-corrected chi connectivity index (χ3v) is 7.38. The fourth-order valence-electron chi connectivity index (χ4n) is 5.45. The van der Waals surface area contributed by atoms with Crippen LogP contribution in [0.1, 0.15) is 62.1 Å². The molecule has 0 bridgehead atoms. The minimum Gasteiger partial charge on any atom is -0.359 e. The Balaban J connectivity index is 0.000000142. The molecule has 0 saturated carbocycles. The van der Waals surface area contributed by atoms with E-state index in [2.05, 4.69) is 66.1 Å². The van der Waals surface area contributed by atoms with E-state index < -0.39 is 0 Å². The molecule has 0 spiro atoms. The summed E-state index contributed by atoms with van der Waals surface area (Å²) in [4.78, 5) is 24.1. The minimum atomic E-state index is 0.00463. The lowest BCUT2D eigenvalue weighted by molar-refractivity contribution is -0.120. The summed E-state index contributed by atoms with van der Waals surface area (Å²) in [6.45, 7) is 7.84. The quantitative estimate of drug-likeness (QED) is 0.517. The second kappa shape index (κ2) is 11.0. The zero-order valence-corrected chi connectivity index (χ0v) is 21.3. The summed E-state index contributed by atoms with van der Waals surface area (Å²) in [7, 11) is 1.60. The van der Waals surface area contributed by atoms with Crippen LogP contribution in [0.5, 0.6) is 0 Å². The smallest absolute Gasteiger partial charge is 0.234 e. The van der Waals surface area contributed by atoms with Crippen LogP contribution in [0.4, 0.5) is 5.69 Å². The summed E-state index contributed by atoms with van der Waals surface area (Å²) in [5, 5.41) is 8.65. The van der Waals surface area contributed by atoms with E-state index in [4.69, 9.17) is 0 Å². The lowest BCUT2D eigenvalue weighted by Crippen LogP contribution is -2.45. The Morgan fingerprint density at radius 3 is 2.26 bits per heavy atom. The molecule has 2 atom stereocenters. The van der Waals surface area contributed by atoms with Crippen molar-refractivity contribution >= 4 is 28.3 Å². The number of anilines is 1. The Hall–Kier alpha value is -3.18. The molecule has 184 valence electrons. The van der Waals surface area contributed by atoms with Gasteiger partial charge >= 0.3 is 0 Å². The molecular weight excluding hydrogens is 434 g/mol. The van der Waals surface area contributed by atoms with Gasteiger partial charge in [-0.2, -0.15) is 0 Å². The van der Waals surface area contributed by atoms with Crippen molar-refractivity contribution < 1.29 is 9.59 Å². The Morgan fingerprint density at radius 2 is 1.57 bits per heavy atom. The number of amides is 2. The van der Waals surface area contributed by atoms with E-state index in [9.17, 15) is 9.59 Å². The first-order chi connectivity index (χ1) is 16.9. The lowest BCUT2D eigenvalue weighted by Gasteiger charge is -2.32. The van der Waals surface area contributed by atoms with Crippen LogP contribution in [0.15, 0.2) is 60.7 Å². The van der Waals surface area contributed by atoms with Gasteiger partial charge in [0.1, 0.15) is 0 Å². The van der Waals surface area contributed by atoms with Gasteiger partial charge in [-0.3, -0.25) is 9.59 Å². The average molecular weight is 472 g/mol. The van der Waals surface area contributed by atoms with E-state index in [1.807, 2.05) is 24.0 Å². The van der Waals surface area contributed by atoms with Gasteiger partial charge in [-0.25, -0.2) is 0 Å². The number of nitrogens with zero attached hydrogens (tertiary/aromatic N) is 1. The van der Waals surface area contributed by atoms with Crippen molar-refractivity contribution in [3.8, 4) is 0 Å². The van der Waals surface area contributed by atoms with Crippen molar-refractivity contribution in [1.29, 1.82) is 0 Å². The highest BCUT2D eigenvalue weighted by Crippen LogP contribution is 2.39. The first-order valence-corrected chi connectivity index (χ1v) is 12.7. The molecule has 5 nitrogen and oxygen atoms in total. The van der Waals surface area contributed by atoms with E-state index >= 15 is 0 Å². The molecule has 6 rings (SSSR count). The topological polar surface area (TPSA) is 61.4 Å². The number of carbonyl (C=O) groups excluding carboxylic acids is 2. The molecule has 2 unspecified atom stereocenters. The number of nitrogens with one attached hydrogen (secondary N) is 2. The van der Waals surface area contributed by atoms with Crippen molar-refractivity contribution in [2.24, 2.45) is 0 Å². The van der Waals surface area contributed by atoms with E-state index in [0.717, 1.165) is 31.6 Å². The van der Waals surface area contributed by atoms with Crippen molar-refractivity contribution in [3.05, 3.63) is 77.4 Å². The second-order valence-electron chi connectivity index (χ2n) is 9.74. The van der Waals surface area contributed by atoms with E-state index in [1.54, 1.807) is 7.05 Å². The molecule has 2 heterocycles. The first kappa shape index (κ1) is 24.9. The molecule has 3 aromatic rings. The van der Waals surface area contributed by atoms with Gasteiger partial charge in [0.15, 0.2) is 0 Å². The maximum atomic E-state index is 12.4. The van der Waals surface area contributed by atoms with Crippen LogP contribution in [-0.2, 0) is 16.0 Å². The van der Waals surface area contributed by atoms with Gasteiger partial charge < -0.3 is 15.5 Å². The molecule has 0 aromatic heterocycles. The largest absolute Gasteiger partial charge is 0.359 e. The maximum Gasteiger partial charge on any atom is 0.234 e. The van der Waals surface area contributed by atoms with E-state index in [0.29, 0.717) is 12.0 Å². The number of fused-ring (bicyclic) bond motifs is 1. The fourth-order valence-corrected chi connectivity index (χ4v) is 5.45. The molecule has 35 heavy (non-hydrogen) atoms. The van der Waals surface area contributed by atoms with Gasteiger partial charge in [-0.1, -0.05) is 61.5 Å². The molecule has 1 fully saturated rings. The van der Waals surface area contributed by atoms with Gasteiger partial charge in [0, 0.05) is 25.7 Å². The number of carbonyl (C=O) groups is 2. The molecule has 2 amide bonds. The standard InChI is InChI=1S/C14H18N2O.C13H12.C3H7NO/c1-10-12-4-2-3-5-13(12)16(14(10)17)11-6-8-15-9-7-11;1-9-8-11-6-2-4-10-5-3-7-12(9)13(10)11;1-3(5)4-2/h2-5,10-11,15H,6-9H2,1H3;2-7,9H,8H2,1H3;1-2H3,(H,4,5). The molecule has 5 heteroatoms.